The van der Waals surface area contributed by atoms with Crippen molar-refractivity contribution in [3.63, 3.8) is 0 Å². The number of Topliss-reactive ketones (excluding diaryl/α,β-unsaturated/α-hetero) is 1. The number of aryl methyl sites for hydroxylation is 2. The lowest BCUT2D eigenvalue weighted by Crippen LogP contribution is -2.23. The van der Waals surface area contributed by atoms with Crippen LogP contribution in [-0.4, -0.2) is 40.6 Å². The van der Waals surface area contributed by atoms with Gasteiger partial charge in [0.15, 0.2) is 5.78 Å². The van der Waals surface area contributed by atoms with Gasteiger partial charge < -0.3 is 10.1 Å². The molecule has 178 valence electrons. The maximum atomic E-state index is 13.8. The third-order valence-corrected chi connectivity index (χ3v) is 5.41. The highest BCUT2D eigenvalue weighted by Gasteiger charge is 2.21. The minimum atomic E-state index is -1.53. The largest absolute Gasteiger partial charge is 0.490 e. The summed E-state index contributed by atoms with van der Waals surface area (Å²) in [6.07, 6.45) is 3.62. The molecular formula is C25H34FN4O2P. The van der Waals surface area contributed by atoms with Gasteiger partial charge in [-0.1, -0.05) is 18.7 Å². The second-order valence-corrected chi connectivity index (χ2v) is 9.14. The van der Waals surface area contributed by atoms with E-state index in [-0.39, 0.29) is 23.7 Å². The summed E-state index contributed by atoms with van der Waals surface area (Å²) < 4.78 is 21.1. The molecule has 8 heteroatoms. The van der Waals surface area contributed by atoms with E-state index in [1.807, 2.05) is 24.9 Å². The van der Waals surface area contributed by atoms with Crippen LogP contribution in [0.5, 0.6) is 0 Å². The lowest BCUT2D eigenvalue weighted by atomic mass is 10.0. The van der Waals surface area contributed by atoms with Crippen molar-refractivity contribution in [2.45, 2.75) is 46.8 Å². The van der Waals surface area contributed by atoms with Crippen LogP contribution in [0.15, 0.2) is 53.0 Å². The Morgan fingerprint density at radius 2 is 2.12 bits per heavy atom. The summed E-state index contributed by atoms with van der Waals surface area (Å²) >= 11 is 0. The number of allylic oxidation sites excluding steroid dienone is 1. The van der Waals surface area contributed by atoms with Gasteiger partial charge in [0.25, 0.3) is 0 Å². The SMILES string of the molecule is C=C(OCC(C)(C)F)/C(C(C)=O)=C(CNCc1ccc(-c2cn(C)nc2C)cc1P)\N=C/C. The molecule has 0 saturated heterocycles. The number of ketones is 1. The minimum absolute atomic E-state index is 0.124. The molecule has 0 saturated carbocycles. The average molecular weight is 473 g/mol. The first-order valence-corrected chi connectivity index (χ1v) is 11.3. The molecular weight excluding hydrogens is 438 g/mol. The molecule has 1 N–H and O–H groups in total. The van der Waals surface area contributed by atoms with Crippen LogP contribution in [0.4, 0.5) is 4.39 Å². The van der Waals surface area contributed by atoms with E-state index in [0.717, 1.165) is 27.7 Å². The number of halogens is 1. The van der Waals surface area contributed by atoms with Crippen molar-refractivity contribution < 1.29 is 13.9 Å². The zero-order chi connectivity index (χ0) is 24.8. The normalized spacial score (nSPS) is 12.7. The number of nitrogens with zero attached hydrogens (tertiary/aromatic N) is 3. The standard InChI is InChI=1S/C25H34FN4O2P/c1-8-28-22(24(17(3)31)18(4)32-15-25(5,6)26)13-27-12-20-10-9-19(11-23(20)33)21-14-30(7)29-16(21)2/h8-11,14,27H,4,12-13,15,33H2,1-3,5-7H3/b24-22-,28-8-. The molecule has 0 aliphatic carbocycles. The molecule has 0 aliphatic rings. The van der Waals surface area contributed by atoms with E-state index in [4.69, 9.17) is 4.74 Å². The van der Waals surface area contributed by atoms with Crippen LogP contribution in [0.1, 0.15) is 39.0 Å². The number of carbonyl (C=O) groups excluding carboxylic acids is 1. The van der Waals surface area contributed by atoms with Crippen LogP contribution in [0, 0.1) is 6.92 Å². The Morgan fingerprint density at radius 3 is 2.64 bits per heavy atom. The van der Waals surface area contributed by atoms with Crippen molar-refractivity contribution in [3.8, 4) is 11.1 Å². The van der Waals surface area contributed by atoms with Crippen LogP contribution in [-0.2, 0) is 23.1 Å². The number of carbonyl (C=O) groups is 1. The fourth-order valence-corrected chi connectivity index (χ4v) is 3.75. The highest BCUT2D eigenvalue weighted by molar-refractivity contribution is 7.27. The first-order valence-electron chi connectivity index (χ1n) is 10.8. The second-order valence-electron chi connectivity index (χ2n) is 8.51. The van der Waals surface area contributed by atoms with E-state index in [9.17, 15) is 9.18 Å². The van der Waals surface area contributed by atoms with Gasteiger partial charge >= 0.3 is 0 Å². The summed E-state index contributed by atoms with van der Waals surface area (Å²) in [7, 11) is 4.69. The number of rotatable bonds is 11. The Morgan fingerprint density at radius 1 is 1.42 bits per heavy atom. The molecule has 0 amide bonds. The molecule has 0 bridgehead atoms. The summed E-state index contributed by atoms with van der Waals surface area (Å²) in [5.74, 6) is -0.111. The smallest absolute Gasteiger partial charge is 0.165 e. The van der Waals surface area contributed by atoms with E-state index in [2.05, 4.69) is 49.4 Å². The molecule has 6 nitrogen and oxygen atoms in total. The Bertz CT molecular complexity index is 1080. The predicted octanol–water partition coefficient (Wildman–Crippen LogP) is 4.20. The van der Waals surface area contributed by atoms with E-state index in [1.165, 1.54) is 20.8 Å². The van der Waals surface area contributed by atoms with Gasteiger partial charge in [-0.05, 0) is 57.1 Å². The van der Waals surface area contributed by atoms with Gasteiger partial charge in [0.05, 0.1) is 17.0 Å². The molecule has 1 aromatic heterocycles. The molecule has 33 heavy (non-hydrogen) atoms. The Labute approximate surface area is 198 Å². The maximum Gasteiger partial charge on any atom is 0.165 e. The molecule has 2 rings (SSSR count). The summed E-state index contributed by atoms with van der Waals surface area (Å²) in [5.41, 5.74) is 3.52. The highest BCUT2D eigenvalue weighted by Crippen LogP contribution is 2.23. The monoisotopic (exact) mass is 472 g/mol. The van der Waals surface area contributed by atoms with Gasteiger partial charge in [-0.25, -0.2) is 4.39 Å². The number of alkyl halides is 1. The Hall–Kier alpha value is -2.63. The number of aromatic nitrogens is 2. The van der Waals surface area contributed by atoms with Crippen LogP contribution >= 0.6 is 9.24 Å². The topological polar surface area (TPSA) is 68.5 Å². The molecule has 1 atom stereocenters. The summed E-state index contributed by atoms with van der Waals surface area (Å²) in [4.78, 5) is 16.7. The quantitative estimate of drug-likeness (QED) is 0.175. The Kier molecular flexibility index (Phi) is 9.26. The van der Waals surface area contributed by atoms with Crippen molar-refractivity contribution >= 4 is 26.5 Å². The average Bonchev–Trinajstić information content (AvgIpc) is 3.05. The number of ether oxygens (including phenoxy) is 1. The number of benzene rings is 1. The van der Waals surface area contributed by atoms with E-state index in [1.54, 1.807) is 13.1 Å². The van der Waals surface area contributed by atoms with Gasteiger partial charge in [0.2, 0.25) is 0 Å². The van der Waals surface area contributed by atoms with Gasteiger partial charge in [-0.3, -0.25) is 14.5 Å². The first kappa shape index (κ1) is 26.6. The molecule has 0 radical (unpaired) electrons. The van der Waals surface area contributed by atoms with Gasteiger partial charge in [0, 0.05) is 38.1 Å². The zero-order valence-electron chi connectivity index (χ0n) is 20.3. The van der Waals surface area contributed by atoms with Crippen LogP contribution in [0.3, 0.4) is 0 Å². The first-order chi connectivity index (χ1) is 15.4. The molecule has 1 heterocycles. The highest BCUT2D eigenvalue weighted by atomic mass is 31.0. The summed E-state index contributed by atoms with van der Waals surface area (Å²) in [6.45, 7) is 12.5. The second kappa shape index (κ2) is 11.5. The fourth-order valence-electron chi connectivity index (χ4n) is 3.37. The molecule has 0 aliphatic heterocycles. The van der Waals surface area contributed by atoms with Crippen molar-refractivity contribution in [2.75, 3.05) is 13.2 Å². The minimum Gasteiger partial charge on any atom is -0.490 e. The third-order valence-electron chi connectivity index (χ3n) is 4.87. The summed E-state index contributed by atoms with van der Waals surface area (Å²) in [6, 6.07) is 6.26. The van der Waals surface area contributed by atoms with Crippen molar-refractivity contribution in [3.05, 3.63) is 59.3 Å². The Balaban J connectivity index is 2.16. The van der Waals surface area contributed by atoms with Gasteiger partial charge in [-0.15, -0.1) is 9.24 Å². The predicted molar refractivity (Wildman–Crippen MR) is 137 cm³/mol. The number of nitrogens with one attached hydrogen (secondary N) is 1. The van der Waals surface area contributed by atoms with Gasteiger partial charge in [0.1, 0.15) is 18.0 Å². The zero-order valence-corrected chi connectivity index (χ0v) is 21.5. The van der Waals surface area contributed by atoms with E-state index < -0.39 is 5.67 Å². The van der Waals surface area contributed by atoms with Crippen molar-refractivity contribution in [1.29, 1.82) is 0 Å². The van der Waals surface area contributed by atoms with E-state index >= 15 is 0 Å². The lowest BCUT2D eigenvalue weighted by molar-refractivity contribution is -0.113. The molecule has 0 fully saturated rings. The van der Waals surface area contributed by atoms with E-state index in [0.29, 0.717) is 18.8 Å². The van der Waals surface area contributed by atoms with Crippen LogP contribution in [0.25, 0.3) is 11.1 Å². The maximum absolute atomic E-state index is 13.8. The van der Waals surface area contributed by atoms with Crippen molar-refractivity contribution in [1.82, 2.24) is 15.1 Å². The molecule has 1 unspecified atom stereocenters. The van der Waals surface area contributed by atoms with Crippen LogP contribution < -0.4 is 10.6 Å². The summed E-state index contributed by atoms with van der Waals surface area (Å²) in [5, 5.41) is 8.82. The number of hydrogen-bond donors (Lipinski definition) is 1. The molecule has 0 spiro atoms. The molecule has 2 aromatic rings. The lowest BCUT2D eigenvalue weighted by Gasteiger charge is -2.19. The third kappa shape index (κ3) is 7.72. The number of hydrogen-bond acceptors (Lipinski definition) is 5. The number of aliphatic imine (C=N–C) groups is 1. The molecule has 1 aromatic carbocycles. The fraction of sp³-hybridized carbons (Fsp3) is 0.400. The van der Waals surface area contributed by atoms with Crippen LogP contribution in [0.2, 0.25) is 0 Å². The van der Waals surface area contributed by atoms with Crippen molar-refractivity contribution in [2.24, 2.45) is 12.0 Å². The van der Waals surface area contributed by atoms with Gasteiger partial charge in [-0.2, -0.15) is 5.10 Å².